The van der Waals surface area contributed by atoms with Crippen molar-refractivity contribution in [2.45, 2.75) is 58.4 Å². The van der Waals surface area contributed by atoms with Gasteiger partial charge in [0.05, 0.1) is 16.1 Å². The van der Waals surface area contributed by atoms with Gasteiger partial charge in [-0.05, 0) is 57.2 Å². The van der Waals surface area contributed by atoms with E-state index in [1.807, 2.05) is 42.7 Å². The van der Waals surface area contributed by atoms with Crippen LogP contribution in [0.3, 0.4) is 0 Å². The van der Waals surface area contributed by atoms with E-state index in [4.69, 9.17) is 27.9 Å². The zero-order chi connectivity index (χ0) is 28.8. The summed E-state index contributed by atoms with van der Waals surface area (Å²) in [6.45, 7) is 7.76. The Balaban J connectivity index is 1.31. The van der Waals surface area contributed by atoms with E-state index in [9.17, 15) is 14.4 Å². The predicted molar refractivity (Wildman–Crippen MR) is 154 cm³/mol. The van der Waals surface area contributed by atoms with Crippen LogP contribution in [-0.2, 0) is 9.59 Å². The molecular weight excluding hydrogens is 551 g/mol. The van der Waals surface area contributed by atoms with E-state index >= 15 is 0 Å². The van der Waals surface area contributed by atoms with Crippen LogP contribution in [0.1, 0.15) is 55.5 Å². The summed E-state index contributed by atoms with van der Waals surface area (Å²) >= 11 is 12.5. The van der Waals surface area contributed by atoms with Gasteiger partial charge in [-0.2, -0.15) is 0 Å². The monoisotopic (exact) mass is 586 g/mol. The first-order valence-corrected chi connectivity index (χ1v) is 14.6. The van der Waals surface area contributed by atoms with Crippen LogP contribution in [0.4, 0.5) is 4.79 Å². The van der Waals surface area contributed by atoms with E-state index in [0.717, 1.165) is 29.8 Å². The molecule has 2 atom stereocenters. The highest BCUT2D eigenvalue weighted by Crippen LogP contribution is 2.47. The molecule has 5 rings (SSSR count). The maximum Gasteiger partial charge on any atom is 0.415 e. The molecule has 1 aliphatic carbocycles. The SMILES string of the molecule is Cc1cc(OC(=O)N(C)[C@@H]2CN(C(=O)C3CCN(C(=O)C4(C)CC4)CC3)C[C@H]2c2ccc(Cl)c(Cl)c2)cc(C)n1. The van der Waals surface area contributed by atoms with E-state index in [2.05, 4.69) is 4.98 Å². The lowest BCUT2D eigenvalue weighted by Crippen LogP contribution is -2.46. The third kappa shape index (κ3) is 5.93. The normalized spacial score (nSPS) is 22.2. The second-order valence-corrected chi connectivity index (χ2v) is 12.6. The van der Waals surface area contributed by atoms with Gasteiger partial charge in [-0.15, -0.1) is 0 Å². The van der Waals surface area contributed by atoms with Crippen molar-refractivity contribution in [3.8, 4) is 5.75 Å². The number of ether oxygens (including phenoxy) is 1. The maximum absolute atomic E-state index is 13.7. The third-order valence-electron chi connectivity index (χ3n) is 8.67. The molecule has 2 aliphatic heterocycles. The number of aromatic nitrogens is 1. The van der Waals surface area contributed by atoms with Crippen LogP contribution in [0, 0.1) is 25.2 Å². The van der Waals surface area contributed by atoms with Crippen LogP contribution >= 0.6 is 23.2 Å². The number of benzene rings is 1. The zero-order valence-electron chi connectivity index (χ0n) is 23.5. The molecule has 8 nitrogen and oxygen atoms in total. The second kappa shape index (κ2) is 11.2. The molecule has 0 unspecified atom stereocenters. The summed E-state index contributed by atoms with van der Waals surface area (Å²) in [7, 11) is 1.70. The van der Waals surface area contributed by atoms with Crippen molar-refractivity contribution in [2.75, 3.05) is 33.2 Å². The van der Waals surface area contributed by atoms with Crippen LogP contribution in [0.2, 0.25) is 10.0 Å². The van der Waals surface area contributed by atoms with Crippen molar-refractivity contribution in [3.63, 3.8) is 0 Å². The van der Waals surface area contributed by atoms with Crippen LogP contribution in [0.15, 0.2) is 30.3 Å². The lowest BCUT2D eigenvalue weighted by Gasteiger charge is -2.34. The van der Waals surface area contributed by atoms with Gasteiger partial charge in [-0.25, -0.2) is 4.79 Å². The van der Waals surface area contributed by atoms with Crippen LogP contribution < -0.4 is 4.74 Å². The molecule has 0 radical (unpaired) electrons. The number of carbonyl (C=O) groups is 3. The number of aryl methyl sites for hydroxylation is 2. The maximum atomic E-state index is 13.7. The predicted octanol–water partition coefficient (Wildman–Crippen LogP) is 5.47. The highest BCUT2D eigenvalue weighted by molar-refractivity contribution is 6.42. The Hall–Kier alpha value is -2.84. The highest BCUT2D eigenvalue weighted by Gasteiger charge is 2.48. The van der Waals surface area contributed by atoms with E-state index in [0.29, 0.717) is 54.8 Å². The average Bonchev–Trinajstić information content (AvgIpc) is 3.52. The fourth-order valence-electron chi connectivity index (χ4n) is 5.96. The van der Waals surface area contributed by atoms with Gasteiger partial charge >= 0.3 is 6.09 Å². The van der Waals surface area contributed by atoms with Crippen molar-refractivity contribution >= 4 is 41.1 Å². The van der Waals surface area contributed by atoms with E-state index in [1.165, 1.54) is 0 Å². The second-order valence-electron chi connectivity index (χ2n) is 11.8. The number of amides is 3. The van der Waals surface area contributed by atoms with Gasteiger partial charge in [0.1, 0.15) is 5.75 Å². The van der Waals surface area contributed by atoms with Crippen molar-refractivity contribution in [2.24, 2.45) is 11.3 Å². The first-order chi connectivity index (χ1) is 18.9. The number of hydrogen-bond acceptors (Lipinski definition) is 5. The quantitative estimate of drug-likeness (QED) is 0.464. The lowest BCUT2D eigenvalue weighted by molar-refractivity contribution is -0.142. The van der Waals surface area contributed by atoms with Crippen LogP contribution in [0.5, 0.6) is 5.75 Å². The molecule has 3 heterocycles. The Morgan fingerprint density at radius 2 is 1.62 bits per heavy atom. The molecule has 0 spiro atoms. The lowest BCUT2D eigenvalue weighted by atomic mass is 9.93. The standard InChI is InChI=1S/C30H36Cl2N4O4/c1-18-13-22(14-19(2)33-18)40-29(39)34(4)26-17-36(16-23(26)21-5-6-24(31)25(32)15-21)27(37)20-7-11-35(12-8-20)28(38)30(3)9-10-30/h5-6,13-15,20,23,26H,7-12,16-17H2,1-4H3/t23-,26+/m0/s1. The highest BCUT2D eigenvalue weighted by atomic mass is 35.5. The molecule has 0 bridgehead atoms. The topological polar surface area (TPSA) is 83.0 Å². The van der Waals surface area contributed by atoms with E-state index in [-0.39, 0.29) is 35.1 Å². The fourth-order valence-corrected chi connectivity index (χ4v) is 6.27. The summed E-state index contributed by atoms with van der Waals surface area (Å²) < 4.78 is 5.71. The van der Waals surface area contributed by atoms with Gasteiger partial charge in [-0.3, -0.25) is 14.6 Å². The molecule has 1 saturated carbocycles. The number of piperidine rings is 1. The fraction of sp³-hybridized carbons (Fsp3) is 0.533. The number of rotatable bonds is 5. The molecule has 40 heavy (non-hydrogen) atoms. The molecule has 214 valence electrons. The number of likely N-dealkylation sites (N-methyl/N-ethyl adjacent to an activating group) is 1. The minimum atomic E-state index is -0.505. The van der Waals surface area contributed by atoms with Gasteiger partial charge in [0.15, 0.2) is 0 Å². The number of nitrogens with zero attached hydrogens (tertiary/aromatic N) is 4. The van der Waals surface area contributed by atoms with Crippen LogP contribution in [-0.4, -0.2) is 76.9 Å². The Morgan fingerprint density at radius 3 is 2.23 bits per heavy atom. The van der Waals surface area contributed by atoms with Crippen molar-refractivity contribution in [1.29, 1.82) is 0 Å². The Kier molecular flexibility index (Phi) is 8.03. The Labute approximate surface area is 245 Å². The van der Waals surface area contributed by atoms with Gasteiger partial charge in [-0.1, -0.05) is 36.2 Å². The first kappa shape index (κ1) is 28.7. The Morgan fingerprint density at radius 1 is 0.975 bits per heavy atom. The van der Waals surface area contributed by atoms with Gasteiger partial charge < -0.3 is 19.4 Å². The number of pyridine rings is 1. The zero-order valence-corrected chi connectivity index (χ0v) is 25.0. The molecule has 3 amide bonds. The minimum Gasteiger partial charge on any atom is -0.410 e. The number of hydrogen-bond donors (Lipinski definition) is 0. The summed E-state index contributed by atoms with van der Waals surface area (Å²) in [6.07, 6.45) is 2.70. The molecular formula is C30H36Cl2N4O4. The summed E-state index contributed by atoms with van der Waals surface area (Å²) in [5.41, 5.74) is 2.23. The molecule has 0 N–H and O–H groups in total. The number of carbonyl (C=O) groups excluding carboxylic acids is 3. The summed E-state index contributed by atoms with van der Waals surface area (Å²) in [5, 5.41) is 0.877. The number of likely N-dealkylation sites (tertiary alicyclic amines) is 2. The van der Waals surface area contributed by atoms with E-state index < -0.39 is 6.09 Å². The molecule has 3 aliphatic rings. The van der Waals surface area contributed by atoms with Gasteiger partial charge in [0, 0.05) is 74.0 Å². The largest absolute Gasteiger partial charge is 0.415 e. The molecule has 1 aromatic carbocycles. The van der Waals surface area contributed by atoms with Gasteiger partial charge in [0.2, 0.25) is 11.8 Å². The summed E-state index contributed by atoms with van der Waals surface area (Å²) in [4.78, 5) is 49.5. The summed E-state index contributed by atoms with van der Waals surface area (Å²) in [6, 6.07) is 8.58. The van der Waals surface area contributed by atoms with Gasteiger partial charge in [0.25, 0.3) is 0 Å². The summed E-state index contributed by atoms with van der Waals surface area (Å²) in [5.74, 6) is 0.400. The molecule has 3 fully saturated rings. The van der Waals surface area contributed by atoms with Crippen molar-refractivity contribution in [1.82, 2.24) is 19.7 Å². The van der Waals surface area contributed by atoms with Crippen molar-refractivity contribution in [3.05, 3.63) is 57.3 Å². The molecule has 2 saturated heterocycles. The average molecular weight is 588 g/mol. The first-order valence-electron chi connectivity index (χ1n) is 13.9. The molecule has 1 aromatic heterocycles. The minimum absolute atomic E-state index is 0.0689. The van der Waals surface area contributed by atoms with Crippen molar-refractivity contribution < 1.29 is 19.1 Å². The van der Waals surface area contributed by atoms with Crippen LogP contribution in [0.25, 0.3) is 0 Å². The third-order valence-corrected chi connectivity index (χ3v) is 9.40. The van der Waals surface area contributed by atoms with E-state index in [1.54, 1.807) is 30.1 Å². The molecule has 10 heteroatoms. The Bertz CT molecular complexity index is 1300. The smallest absolute Gasteiger partial charge is 0.410 e. The molecule has 2 aromatic rings. The number of halogens is 2.